The molecule has 0 radical (unpaired) electrons. The van der Waals surface area contributed by atoms with E-state index in [1.54, 1.807) is 0 Å². The molecule has 3 aromatic carbocycles. The summed E-state index contributed by atoms with van der Waals surface area (Å²) in [5, 5.41) is 12.8. The second-order valence-electron chi connectivity index (χ2n) is 6.76. The van der Waals surface area contributed by atoms with Crippen LogP contribution in [0.3, 0.4) is 0 Å². The lowest BCUT2D eigenvalue weighted by atomic mass is 10.0. The van der Waals surface area contributed by atoms with Crippen molar-refractivity contribution in [1.82, 2.24) is 10.2 Å². The van der Waals surface area contributed by atoms with Crippen molar-refractivity contribution in [3.8, 4) is 11.5 Å². The summed E-state index contributed by atoms with van der Waals surface area (Å²) in [6.45, 7) is 4.16. The van der Waals surface area contributed by atoms with Gasteiger partial charge in [0.1, 0.15) is 6.04 Å². The molecule has 4 aromatic rings. The fourth-order valence-electron chi connectivity index (χ4n) is 3.12. The number of hydrogen-bond acceptors (Lipinski definition) is 4. The van der Waals surface area contributed by atoms with E-state index in [1.165, 1.54) is 5.56 Å². The first-order chi connectivity index (χ1) is 13.6. The number of aromatic nitrogens is 2. The molecule has 0 aliphatic rings. The molecule has 140 valence electrons. The van der Waals surface area contributed by atoms with E-state index in [1.807, 2.05) is 54.6 Å². The van der Waals surface area contributed by atoms with Gasteiger partial charge in [-0.25, -0.2) is 0 Å². The molecule has 0 saturated carbocycles. The molecule has 0 fully saturated rings. The Kier molecular flexibility index (Phi) is 5.13. The summed E-state index contributed by atoms with van der Waals surface area (Å²) in [7, 11) is 0. The van der Waals surface area contributed by atoms with E-state index >= 15 is 0 Å². The maximum atomic E-state index is 6.08. The molecule has 0 amide bonds. The Morgan fingerprint density at radius 1 is 0.893 bits per heavy atom. The average molecular weight is 390 g/mol. The molecule has 1 N–H and O–H groups in total. The molecule has 0 bridgehead atoms. The summed E-state index contributed by atoms with van der Waals surface area (Å²) in [6, 6.07) is 23.4. The number of rotatable bonds is 5. The van der Waals surface area contributed by atoms with Gasteiger partial charge in [-0.05, 0) is 55.3 Å². The zero-order valence-corrected chi connectivity index (χ0v) is 16.4. The van der Waals surface area contributed by atoms with Crippen LogP contribution in [0.5, 0.6) is 0 Å². The summed E-state index contributed by atoms with van der Waals surface area (Å²) < 4.78 is 6.03. The van der Waals surface area contributed by atoms with Gasteiger partial charge in [0, 0.05) is 16.3 Å². The van der Waals surface area contributed by atoms with E-state index in [-0.39, 0.29) is 6.04 Å². The predicted octanol–water partition coefficient (Wildman–Crippen LogP) is 6.21. The molecular formula is C23H20ClN3O. The first kappa shape index (κ1) is 18.3. The van der Waals surface area contributed by atoms with E-state index in [0.717, 1.165) is 22.4 Å². The van der Waals surface area contributed by atoms with Crippen LogP contribution in [0, 0.1) is 13.8 Å². The Morgan fingerprint density at radius 3 is 2.36 bits per heavy atom. The Labute approximate surface area is 169 Å². The highest BCUT2D eigenvalue weighted by Crippen LogP contribution is 2.30. The minimum Gasteiger partial charge on any atom is -0.418 e. The molecule has 0 aliphatic heterocycles. The molecule has 0 spiro atoms. The van der Waals surface area contributed by atoms with Crippen molar-refractivity contribution in [2.45, 2.75) is 19.9 Å². The van der Waals surface area contributed by atoms with E-state index < -0.39 is 0 Å². The van der Waals surface area contributed by atoms with Gasteiger partial charge in [0.15, 0.2) is 0 Å². The number of nitrogens with one attached hydrogen (secondary N) is 1. The molecule has 4 nitrogen and oxygen atoms in total. The highest BCUT2D eigenvalue weighted by atomic mass is 35.5. The normalized spacial score (nSPS) is 12.0. The number of halogens is 1. The van der Waals surface area contributed by atoms with Gasteiger partial charge in [-0.1, -0.05) is 59.6 Å². The molecule has 1 aromatic heterocycles. The summed E-state index contributed by atoms with van der Waals surface area (Å²) in [4.78, 5) is 0. The Balaban J connectivity index is 1.73. The molecule has 28 heavy (non-hydrogen) atoms. The molecule has 1 heterocycles. The summed E-state index contributed by atoms with van der Waals surface area (Å²) in [6.07, 6.45) is 0. The van der Waals surface area contributed by atoms with Crippen LogP contribution in [0.2, 0.25) is 5.02 Å². The molecular weight excluding hydrogens is 370 g/mol. The van der Waals surface area contributed by atoms with Crippen molar-refractivity contribution >= 4 is 17.3 Å². The van der Waals surface area contributed by atoms with E-state index in [9.17, 15) is 0 Å². The van der Waals surface area contributed by atoms with E-state index in [4.69, 9.17) is 16.0 Å². The van der Waals surface area contributed by atoms with E-state index in [0.29, 0.717) is 16.8 Å². The van der Waals surface area contributed by atoms with E-state index in [2.05, 4.69) is 47.6 Å². The largest absolute Gasteiger partial charge is 0.418 e. The van der Waals surface area contributed by atoms with Crippen LogP contribution < -0.4 is 5.32 Å². The predicted molar refractivity (Wildman–Crippen MR) is 113 cm³/mol. The lowest BCUT2D eigenvalue weighted by Crippen LogP contribution is -2.13. The van der Waals surface area contributed by atoms with Gasteiger partial charge in [0.05, 0.1) is 0 Å². The lowest BCUT2D eigenvalue weighted by molar-refractivity contribution is 0.494. The SMILES string of the molecule is Cc1ccc(NC(c2ccc(Cl)cc2)c2nnc(-c3ccccc3)o2)c(C)c1. The Morgan fingerprint density at radius 2 is 1.64 bits per heavy atom. The summed E-state index contributed by atoms with van der Waals surface area (Å²) >= 11 is 6.08. The van der Waals surface area contributed by atoms with Crippen LogP contribution in [-0.2, 0) is 0 Å². The third-order valence-corrected chi connectivity index (χ3v) is 4.85. The van der Waals surface area contributed by atoms with Crippen LogP contribution >= 0.6 is 11.6 Å². The topological polar surface area (TPSA) is 51.0 Å². The Bertz CT molecular complexity index is 1070. The van der Waals surface area contributed by atoms with Crippen LogP contribution in [0.25, 0.3) is 11.5 Å². The second kappa shape index (κ2) is 7.87. The minimum atomic E-state index is -0.288. The van der Waals surface area contributed by atoms with Crippen molar-refractivity contribution in [3.05, 3.63) is 100 Å². The summed E-state index contributed by atoms with van der Waals surface area (Å²) in [5.74, 6) is 0.998. The average Bonchev–Trinajstić information content (AvgIpc) is 3.19. The third-order valence-electron chi connectivity index (χ3n) is 4.59. The number of hydrogen-bond donors (Lipinski definition) is 1. The lowest BCUT2D eigenvalue weighted by Gasteiger charge is -2.19. The molecule has 0 aliphatic carbocycles. The van der Waals surface area contributed by atoms with Crippen molar-refractivity contribution in [2.24, 2.45) is 0 Å². The molecule has 0 saturated heterocycles. The van der Waals surface area contributed by atoms with Gasteiger partial charge < -0.3 is 9.73 Å². The highest BCUT2D eigenvalue weighted by molar-refractivity contribution is 6.30. The first-order valence-electron chi connectivity index (χ1n) is 9.08. The standard InChI is InChI=1S/C23H20ClN3O/c1-15-8-13-20(16(2)14-15)25-21(17-9-11-19(24)12-10-17)23-27-26-22(28-23)18-6-4-3-5-7-18/h3-14,21,25H,1-2H3. The van der Waals surface area contributed by atoms with Gasteiger partial charge in [-0.15, -0.1) is 10.2 Å². The van der Waals surface area contributed by atoms with Crippen molar-refractivity contribution in [1.29, 1.82) is 0 Å². The fourth-order valence-corrected chi connectivity index (χ4v) is 3.25. The smallest absolute Gasteiger partial charge is 0.247 e. The van der Waals surface area contributed by atoms with Crippen molar-refractivity contribution in [3.63, 3.8) is 0 Å². The zero-order valence-electron chi connectivity index (χ0n) is 15.7. The maximum absolute atomic E-state index is 6.08. The second-order valence-corrected chi connectivity index (χ2v) is 7.20. The van der Waals surface area contributed by atoms with Crippen LogP contribution in [0.15, 0.2) is 77.2 Å². The van der Waals surface area contributed by atoms with Gasteiger partial charge in [-0.2, -0.15) is 0 Å². The third kappa shape index (κ3) is 3.92. The highest BCUT2D eigenvalue weighted by Gasteiger charge is 2.22. The molecule has 4 rings (SSSR count). The van der Waals surface area contributed by atoms with Gasteiger partial charge >= 0.3 is 0 Å². The molecule has 1 atom stereocenters. The number of nitrogens with zero attached hydrogens (tertiary/aromatic N) is 2. The number of anilines is 1. The van der Waals surface area contributed by atoms with Gasteiger partial charge in [0.2, 0.25) is 11.8 Å². The number of benzene rings is 3. The van der Waals surface area contributed by atoms with Gasteiger partial charge in [0.25, 0.3) is 0 Å². The molecule has 1 unspecified atom stereocenters. The van der Waals surface area contributed by atoms with Crippen LogP contribution in [0.4, 0.5) is 5.69 Å². The quantitative estimate of drug-likeness (QED) is 0.441. The first-order valence-corrected chi connectivity index (χ1v) is 9.46. The zero-order chi connectivity index (χ0) is 19.5. The minimum absolute atomic E-state index is 0.288. The van der Waals surface area contributed by atoms with Crippen molar-refractivity contribution < 1.29 is 4.42 Å². The maximum Gasteiger partial charge on any atom is 0.247 e. The number of aryl methyl sites for hydroxylation is 2. The van der Waals surface area contributed by atoms with Gasteiger partial charge in [-0.3, -0.25) is 0 Å². The monoisotopic (exact) mass is 389 g/mol. The Hall–Kier alpha value is -3.11. The van der Waals surface area contributed by atoms with Crippen molar-refractivity contribution in [2.75, 3.05) is 5.32 Å². The molecule has 5 heteroatoms. The summed E-state index contributed by atoms with van der Waals surface area (Å²) in [5.41, 5.74) is 5.28. The van der Waals surface area contributed by atoms with Crippen LogP contribution in [-0.4, -0.2) is 10.2 Å². The fraction of sp³-hybridized carbons (Fsp3) is 0.130. The van der Waals surface area contributed by atoms with Crippen LogP contribution in [0.1, 0.15) is 28.6 Å².